The van der Waals surface area contributed by atoms with Gasteiger partial charge >= 0.3 is 5.97 Å². The van der Waals surface area contributed by atoms with Crippen molar-refractivity contribution in [3.05, 3.63) is 47.4 Å². The predicted molar refractivity (Wildman–Crippen MR) is 98.4 cm³/mol. The number of hydrogen-bond acceptors (Lipinski definition) is 5. The monoisotopic (exact) mass is 387 g/mol. The number of amides is 2. The number of anilines is 1. The summed E-state index contributed by atoms with van der Waals surface area (Å²) in [5, 5.41) is 9.26. The van der Waals surface area contributed by atoms with E-state index in [2.05, 4.69) is 0 Å². The fourth-order valence-corrected chi connectivity index (χ4v) is 4.78. The van der Waals surface area contributed by atoms with E-state index in [1.807, 2.05) is 36.1 Å². The lowest BCUT2D eigenvalue weighted by atomic mass is 10.0. The SMILES string of the molecule is C[n+]1ccc(N2CCC(=CC3=C(C(=O)O)N4C(=O)[C@@H](N)[C@H]4SC3)C2=O)cc1. The highest BCUT2D eigenvalue weighted by atomic mass is 32.2. The minimum atomic E-state index is -1.18. The van der Waals surface area contributed by atoms with Gasteiger partial charge in [-0.2, -0.15) is 0 Å². The molecule has 4 rings (SSSR count). The van der Waals surface area contributed by atoms with Gasteiger partial charge in [0.2, 0.25) is 5.91 Å². The Hall–Kier alpha value is -2.65. The largest absolute Gasteiger partial charge is 0.477 e. The Morgan fingerprint density at radius 3 is 2.74 bits per heavy atom. The van der Waals surface area contributed by atoms with Crippen LogP contribution in [0.1, 0.15) is 6.42 Å². The third-order valence-electron chi connectivity index (χ3n) is 4.99. The zero-order valence-corrected chi connectivity index (χ0v) is 15.5. The molecule has 8 nitrogen and oxygen atoms in total. The van der Waals surface area contributed by atoms with Crippen molar-refractivity contribution >= 4 is 35.2 Å². The average molecular weight is 387 g/mol. The number of aliphatic carboxylic acids is 1. The van der Waals surface area contributed by atoms with Crippen molar-refractivity contribution in [3.63, 3.8) is 0 Å². The molecule has 3 aliphatic rings. The van der Waals surface area contributed by atoms with E-state index in [4.69, 9.17) is 5.73 Å². The number of pyridine rings is 1. The van der Waals surface area contributed by atoms with Gasteiger partial charge in [0.05, 0.1) is 5.69 Å². The van der Waals surface area contributed by atoms with Crippen molar-refractivity contribution in [1.29, 1.82) is 0 Å². The maximum Gasteiger partial charge on any atom is 0.352 e. The Morgan fingerprint density at radius 1 is 1.37 bits per heavy atom. The molecule has 1 aromatic rings. The first kappa shape index (κ1) is 17.7. The van der Waals surface area contributed by atoms with Gasteiger partial charge in [-0.05, 0) is 18.1 Å². The number of carboxylic acids is 1. The van der Waals surface area contributed by atoms with Gasteiger partial charge in [0.25, 0.3) is 5.91 Å². The van der Waals surface area contributed by atoms with Crippen LogP contribution in [0.2, 0.25) is 0 Å². The number of allylic oxidation sites excluding steroid dienone is 1. The molecule has 0 spiro atoms. The zero-order chi connectivity index (χ0) is 19.3. The number of carboxylic acid groups (broad SMARTS) is 1. The van der Waals surface area contributed by atoms with Crippen LogP contribution in [0, 0.1) is 0 Å². The molecule has 0 saturated carbocycles. The lowest BCUT2D eigenvalue weighted by molar-refractivity contribution is -0.671. The number of carbonyl (C=O) groups excluding carboxylic acids is 2. The Balaban J connectivity index is 1.64. The first-order valence-corrected chi connectivity index (χ1v) is 9.58. The van der Waals surface area contributed by atoms with Crippen LogP contribution < -0.4 is 15.2 Å². The van der Waals surface area contributed by atoms with Gasteiger partial charge in [-0.15, -0.1) is 11.8 Å². The molecule has 0 unspecified atom stereocenters. The molecule has 9 heteroatoms. The number of fused-ring (bicyclic) bond motifs is 1. The minimum absolute atomic E-state index is 0.0593. The van der Waals surface area contributed by atoms with Crippen molar-refractivity contribution in [3.8, 4) is 0 Å². The predicted octanol–water partition coefficient (Wildman–Crippen LogP) is -0.245. The summed E-state index contributed by atoms with van der Waals surface area (Å²) in [6.45, 7) is 0.539. The standard InChI is InChI=1S/C18H18N4O4S/c1-20-5-3-12(4-6-20)21-7-2-10(15(21)23)8-11-9-27-17-13(19)16(24)22(17)14(11)18(25)26/h3-6,8,13,17H,2,7,9,19H2,1H3/p+1/t13-,17-/m1/s1. The summed E-state index contributed by atoms with van der Waals surface area (Å²) in [6.07, 6.45) is 5.89. The summed E-state index contributed by atoms with van der Waals surface area (Å²) in [5.41, 5.74) is 7.53. The van der Waals surface area contributed by atoms with Crippen LogP contribution in [0.4, 0.5) is 5.69 Å². The van der Waals surface area contributed by atoms with Crippen molar-refractivity contribution in [2.45, 2.75) is 17.8 Å². The fourth-order valence-electron chi connectivity index (χ4n) is 3.53. The van der Waals surface area contributed by atoms with Gasteiger partial charge in [-0.1, -0.05) is 0 Å². The van der Waals surface area contributed by atoms with E-state index in [9.17, 15) is 19.5 Å². The van der Waals surface area contributed by atoms with E-state index >= 15 is 0 Å². The first-order chi connectivity index (χ1) is 12.9. The van der Waals surface area contributed by atoms with E-state index in [1.165, 1.54) is 16.7 Å². The van der Waals surface area contributed by atoms with Crippen molar-refractivity contribution in [2.75, 3.05) is 17.2 Å². The summed E-state index contributed by atoms with van der Waals surface area (Å²) < 4.78 is 1.88. The summed E-state index contributed by atoms with van der Waals surface area (Å²) in [4.78, 5) is 39.5. The van der Waals surface area contributed by atoms with Crippen LogP contribution in [-0.4, -0.2) is 51.5 Å². The normalized spacial score (nSPS) is 26.5. The molecule has 2 atom stereocenters. The Morgan fingerprint density at radius 2 is 2.07 bits per heavy atom. The molecule has 3 N–H and O–H groups in total. The molecule has 0 aromatic carbocycles. The Labute approximate surface area is 159 Å². The van der Waals surface area contributed by atoms with Crippen molar-refractivity contribution in [2.24, 2.45) is 12.8 Å². The van der Waals surface area contributed by atoms with E-state index in [-0.39, 0.29) is 17.0 Å². The highest BCUT2D eigenvalue weighted by molar-refractivity contribution is 8.00. The second kappa shape index (κ2) is 6.50. The van der Waals surface area contributed by atoms with Crippen LogP contribution in [0.3, 0.4) is 0 Å². The Bertz CT molecular complexity index is 908. The lowest BCUT2D eigenvalue weighted by Gasteiger charge is -2.47. The minimum Gasteiger partial charge on any atom is -0.477 e. The van der Waals surface area contributed by atoms with Gasteiger partial charge in [0.1, 0.15) is 24.2 Å². The zero-order valence-electron chi connectivity index (χ0n) is 14.7. The van der Waals surface area contributed by atoms with Gasteiger partial charge in [-0.25, -0.2) is 9.36 Å². The summed E-state index contributed by atoms with van der Waals surface area (Å²) in [6, 6.07) is 3.06. The number of hydrogen-bond donors (Lipinski definition) is 2. The number of aryl methyl sites for hydroxylation is 1. The topological polar surface area (TPSA) is 108 Å². The van der Waals surface area contributed by atoms with Gasteiger partial charge < -0.3 is 15.7 Å². The Kier molecular flexibility index (Phi) is 4.27. The maximum atomic E-state index is 12.8. The summed E-state index contributed by atoms with van der Waals surface area (Å²) in [5.74, 6) is -1.30. The molecule has 4 heterocycles. The first-order valence-electron chi connectivity index (χ1n) is 8.53. The van der Waals surface area contributed by atoms with E-state index in [1.54, 1.807) is 11.0 Å². The number of aromatic nitrogens is 1. The lowest BCUT2D eigenvalue weighted by Crippen LogP contribution is -2.68. The average Bonchev–Trinajstić information content (AvgIpc) is 3.01. The number of nitrogens with two attached hydrogens (primary N) is 1. The van der Waals surface area contributed by atoms with Crippen LogP contribution in [0.25, 0.3) is 0 Å². The van der Waals surface area contributed by atoms with Crippen LogP contribution >= 0.6 is 11.8 Å². The molecule has 2 amide bonds. The number of rotatable bonds is 3. The number of thioether (sulfide) groups is 1. The van der Waals surface area contributed by atoms with E-state index < -0.39 is 17.9 Å². The molecule has 140 valence electrons. The molecule has 2 saturated heterocycles. The van der Waals surface area contributed by atoms with Crippen molar-refractivity contribution in [1.82, 2.24) is 4.90 Å². The number of β-lactam (4-membered cyclic amide) rings is 1. The number of carbonyl (C=O) groups is 3. The highest BCUT2D eigenvalue weighted by Crippen LogP contribution is 2.40. The third kappa shape index (κ3) is 2.83. The van der Waals surface area contributed by atoms with Crippen LogP contribution in [0.5, 0.6) is 0 Å². The van der Waals surface area contributed by atoms with Crippen molar-refractivity contribution < 1.29 is 24.1 Å². The van der Waals surface area contributed by atoms with Gasteiger partial charge in [0, 0.05) is 30.0 Å². The fraction of sp³-hybridized carbons (Fsp3) is 0.333. The second-order valence-electron chi connectivity index (χ2n) is 6.71. The van der Waals surface area contributed by atoms with Crippen LogP contribution in [-0.2, 0) is 21.4 Å². The van der Waals surface area contributed by atoms with Gasteiger partial charge in [-0.3, -0.25) is 14.5 Å². The summed E-state index contributed by atoms with van der Waals surface area (Å²) >= 11 is 1.42. The quantitative estimate of drug-likeness (QED) is 0.421. The molecular formula is C18H19N4O4S+. The molecular weight excluding hydrogens is 368 g/mol. The van der Waals surface area contributed by atoms with Gasteiger partial charge in [0.15, 0.2) is 12.4 Å². The molecule has 1 aromatic heterocycles. The maximum absolute atomic E-state index is 12.8. The molecule has 3 aliphatic heterocycles. The molecule has 27 heavy (non-hydrogen) atoms. The third-order valence-corrected chi connectivity index (χ3v) is 6.31. The molecule has 0 aliphatic carbocycles. The molecule has 0 bridgehead atoms. The molecule has 2 fully saturated rings. The van der Waals surface area contributed by atoms with E-state index in [0.29, 0.717) is 29.9 Å². The highest BCUT2D eigenvalue weighted by Gasteiger charge is 2.51. The van der Waals surface area contributed by atoms with E-state index in [0.717, 1.165) is 5.69 Å². The second-order valence-corrected chi connectivity index (χ2v) is 7.82. The van der Waals surface area contributed by atoms with Crippen LogP contribution in [0.15, 0.2) is 47.4 Å². The smallest absolute Gasteiger partial charge is 0.352 e. The molecule has 0 radical (unpaired) electrons. The summed E-state index contributed by atoms with van der Waals surface area (Å²) in [7, 11) is 1.90. The number of nitrogens with zero attached hydrogens (tertiary/aromatic N) is 3.